The SMILES string of the molecule is COc1ccc(CNc2ccn(C)n2)cc1CN1CCCC1. The number of likely N-dealkylation sites (tertiary alicyclic amines) is 1. The Hall–Kier alpha value is -2.01. The summed E-state index contributed by atoms with van der Waals surface area (Å²) in [5, 5.41) is 7.69. The molecule has 118 valence electrons. The van der Waals surface area contributed by atoms with E-state index in [2.05, 4.69) is 33.5 Å². The molecule has 0 atom stereocenters. The third kappa shape index (κ3) is 3.60. The van der Waals surface area contributed by atoms with Gasteiger partial charge in [0.1, 0.15) is 11.6 Å². The number of nitrogens with one attached hydrogen (secondary N) is 1. The minimum atomic E-state index is 0.772. The number of nitrogens with zero attached hydrogens (tertiary/aromatic N) is 3. The Morgan fingerprint density at radius 1 is 1.23 bits per heavy atom. The number of hydrogen-bond donors (Lipinski definition) is 1. The first-order valence-electron chi connectivity index (χ1n) is 7.86. The number of aromatic nitrogens is 2. The Kier molecular flexibility index (Phi) is 4.63. The molecular weight excluding hydrogens is 276 g/mol. The first-order valence-corrected chi connectivity index (χ1v) is 7.86. The summed E-state index contributed by atoms with van der Waals surface area (Å²) < 4.78 is 7.31. The molecule has 0 radical (unpaired) electrons. The lowest BCUT2D eigenvalue weighted by molar-refractivity contribution is 0.321. The molecule has 0 unspecified atom stereocenters. The minimum Gasteiger partial charge on any atom is -0.496 e. The topological polar surface area (TPSA) is 42.3 Å². The van der Waals surface area contributed by atoms with Gasteiger partial charge in [-0.1, -0.05) is 6.07 Å². The van der Waals surface area contributed by atoms with Crippen molar-refractivity contribution in [3.8, 4) is 5.75 Å². The van der Waals surface area contributed by atoms with Gasteiger partial charge in [0, 0.05) is 38.0 Å². The summed E-state index contributed by atoms with van der Waals surface area (Å²) in [5.74, 6) is 1.88. The fraction of sp³-hybridized carbons (Fsp3) is 0.471. The molecule has 0 aliphatic carbocycles. The summed E-state index contributed by atoms with van der Waals surface area (Å²) >= 11 is 0. The van der Waals surface area contributed by atoms with E-state index in [9.17, 15) is 0 Å². The minimum absolute atomic E-state index is 0.772. The number of hydrogen-bond acceptors (Lipinski definition) is 4. The maximum atomic E-state index is 5.51. The van der Waals surface area contributed by atoms with Crippen LogP contribution in [0.25, 0.3) is 0 Å². The van der Waals surface area contributed by atoms with Crippen molar-refractivity contribution in [2.45, 2.75) is 25.9 Å². The number of rotatable bonds is 6. The van der Waals surface area contributed by atoms with E-state index in [0.29, 0.717) is 0 Å². The van der Waals surface area contributed by atoms with E-state index in [1.807, 2.05) is 19.3 Å². The highest BCUT2D eigenvalue weighted by atomic mass is 16.5. The van der Waals surface area contributed by atoms with Gasteiger partial charge in [-0.15, -0.1) is 0 Å². The van der Waals surface area contributed by atoms with Gasteiger partial charge >= 0.3 is 0 Å². The van der Waals surface area contributed by atoms with Crippen LogP contribution in [0.2, 0.25) is 0 Å². The van der Waals surface area contributed by atoms with Gasteiger partial charge in [-0.05, 0) is 43.6 Å². The summed E-state index contributed by atoms with van der Waals surface area (Å²) in [6.07, 6.45) is 4.56. The highest BCUT2D eigenvalue weighted by Crippen LogP contribution is 2.23. The molecule has 3 rings (SSSR count). The van der Waals surface area contributed by atoms with Crippen LogP contribution < -0.4 is 10.1 Å². The van der Waals surface area contributed by atoms with Crippen molar-refractivity contribution in [2.24, 2.45) is 7.05 Å². The van der Waals surface area contributed by atoms with Crippen molar-refractivity contribution in [3.05, 3.63) is 41.6 Å². The zero-order valence-electron chi connectivity index (χ0n) is 13.4. The average Bonchev–Trinajstić information content (AvgIpc) is 3.17. The molecule has 0 amide bonds. The van der Waals surface area contributed by atoms with Crippen LogP contribution in [0.5, 0.6) is 5.75 Å². The van der Waals surface area contributed by atoms with Gasteiger partial charge in [-0.25, -0.2) is 0 Å². The molecule has 22 heavy (non-hydrogen) atoms. The zero-order chi connectivity index (χ0) is 15.4. The third-order valence-electron chi connectivity index (χ3n) is 4.12. The standard InChI is InChI=1S/C17H24N4O/c1-20-10-7-17(19-20)18-12-14-5-6-16(22-2)15(11-14)13-21-8-3-4-9-21/h5-7,10-11H,3-4,8-9,12-13H2,1-2H3,(H,18,19). The van der Waals surface area contributed by atoms with Gasteiger partial charge in [0.05, 0.1) is 7.11 Å². The predicted octanol–water partition coefficient (Wildman–Crippen LogP) is 2.64. The van der Waals surface area contributed by atoms with Crippen molar-refractivity contribution >= 4 is 5.82 Å². The first-order chi connectivity index (χ1) is 10.7. The van der Waals surface area contributed by atoms with Crippen molar-refractivity contribution in [3.63, 3.8) is 0 Å². The lowest BCUT2D eigenvalue weighted by atomic mass is 10.1. The molecule has 1 aliphatic rings. The van der Waals surface area contributed by atoms with Crippen LogP contribution in [-0.4, -0.2) is 34.9 Å². The Morgan fingerprint density at radius 2 is 2.05 bits per heavy atom. The van der Waals surface area contributed by atoms with Crippen LogP contribution in [-0.2, 0) is 20.1 Å². The fourth-order valence-corrected chi connectivity index (χ4v) is 2.95. The molecule has 1 N–H and O–H groups in total. The Morgan fingerprint density at radius 3 is 2.73 bits per heavy atom. The second kappa shape index (κ2) is 6.83. The van der Waals surface area contributed by atoms with E-state index in [4.69, 9.17) is 4.74 Å². The van der Waals surface area contributed by atoms with E-state index in [-0.39, 0.29) is 0 Å². The van der Waals surface area contributed by atoms with Crippen LogP contribution >= 0.6 is 0 Å². The van der Waals surface area contributed by atoms with Crippen LogP contribution in [0.4, 0.5) is 5.82 Å². The summed E-state index contributed by atoms with van der Waals surface area (Å²) in [5.41, 5.74) is 2.52. The molecule has 5 nitrogen and oxygen atoms in total. The average molecular weight is 300 g/mol. The quantitative estimate of drug-likeness (QED) is 0.890. The lowest BCUT2D eigenvalue weighted by Crippen LogP contribution is -2.19. The lowest BCUT2D eigenvalue weighted by Gasteiger charge is -2.18. The summed E-state index contributed by atoms with van der Waals surface area (Å²) in [4.78, 5) is 2.49. The molecule has 0 spiro atoms. The molecule has 2 heterocycles. The van der Waals surface area contributed by atoms with Crippen LogP contribution in [0, 0.1) is 0 Å². The molecule has 5 heteroatoms. The Bertz CT molecular complexity index is 617. The molecule has 1 saturated heterocycles. The van der Waals surface area contributed by atoms with Crippen molar-refractivity contribution < 1.29 is 4.74 Å². The number of anilines is 1. The maximum Gasteiger partial charge on any atom is 0.148 e. The summed E-state index contributed by atoms with van der Waals surface area (Å²) in [6, 6.07) is 8.41. The van der Waals surface area contributed by atoms with Crippen LogP contribution in [0.3, 0.4) is 0 Å². The second-order valence-corrected chi connectivity index (χ2v) is 5.86. The fourth-order valence-electron chi connectivity index (χ4n) is 2.95. The smallest absolute Gasteiger partial charge is 0.148 e. The van der Waals surface area contributed by atoms with Crippen LogP contribution in [0.1, 0.15) is 24.0 Å². The van der Waals surface area contributed by atoms with Crippen molar-refractivity contribution in [2.75, 3.05) is 25.5 Å². The van der Waals surface area contributed by atoms with E-state index >= 15 is 0 Å². The maximum absolute atomic E-state index is 5.51. The van der Waals surface area contributed by atoms with Crippen LogP contribution in [0.15, 0.2) is 30.5 Å². The molecule has 1 aromatic carbocycles. The second-order valence-electron chi connectivity index (χ2n) is 5.86. The molecule has 0 saturated carbocycles. The Balaban J connectivity index is 1.68. The highest BCUT2D eigenvalue weighted by Gasteiger charge is 2.14. The molecular formula is C17H24N4O. The van der Waals surface area contributed by atoms with E-state index in [1.165, 1.54) is 37.1 Å². The first kappa shape index (κ1) is 14.9. The van der Waals surface area contributed by atoms with Gasteiger partial charge < -0.3 is 10.1 Å². The monoisotopic (exact) mass is 300 g/mol. The van der Waals surface area contributed by atoms with E-state index in [0.717, 1.165) is 24.7 Å². The Labute approximate surface area is 131 Å². The molecule has 0 bridgehead atoms. The highest BCUT2D eigenvalue weighted by molar-refractivity contribution is 5.40. The van der Waals surface area contributed by atoms with Gasteiger partial charge in [0.2, 0.25) is 0 Å². The number of aryl methyl sites for hydroxylation is 1. The normalized spacial score (nSPS) is 15.2. The van der Waals surface area contributed by atoms with E-state index < -0.39 is 0 Å². The largest absolute Gasteiger partial charge is 0.496 e. The number of ether oxygens (including phenoxy) is 1. The van der Waals surface area contributed by atoms with Crippen molar-refractivity contribution in [1.82, 2.24) is 14.7 Å². The zero-order valence-corrected chi connectivity index (χ0v) is 13.4. The van der Waals surface area contributed by atoms with Gasteiger partial charge in [0.15, 0.2) is 0 Å². The van der Waals surface area contributed by atoms with Crippen molar-refractivity contribution in [1.29, 1.82) is 0 Å². The molecule has 1 aliphatic heterocycles. The molecule has 1 fully saturated rings. The van der Waals surface area contributed by atoms with Gasteiger partial charge in [0.25, 0.3) is 0 Å². The third-order valence-corrected chi connectivity index (χ3v) is 4.12. The summed E-state index contributed by atoms with van der Waals surface area (Å²) in [6.45, 7) is 4.13. The van der Waals surface area contributed by atoms with Gasteiger partial charge in [-0.2, -0.15) is 5.10 Å². The van der Waals surface area contributed by atoms with E-state index in [1.54, 1.807) is 11.8 Å². The molecule has 2 aromatic rings. The van der Waals surface area contributed by atoms with Gasteiger partial charge in [-0.3, -0.25) is 9.58 Å². The summed E-state index contributed by atoms with van der Waals surface area (Å²) in [7, 11) is 3.67. The number of methoxy groups -OCH3 is 1. The predicted molar refractivity (Wildman–Crippen MR) is 88.0 cm³/mol. The molecule has 1 aromatic heterocycles. The number of benzene rings is 1.